The lowest BCUT2D eigenvalue weighted by Gasteiger charge is -2.17. The molecule has 1 heterocycles. The van der Waals surface area contributed by atoms with Crippen molar-refractivity contribution >= 4 is 11.9 Å². The normalized spacial score (nSPS) is 12.1. The van der Waals surface area contributed by atoms with Gasteiger partial charge in [-0.15, -0.1) is 0 Å². The van der Waals surface area contributed by atoms with E-state index in [-0.39, 0.29) is 12.3 Å². The molecule has 0 fully saturated rings. The number of nitrogens with zero attached hydrogens (tertiary/aromatic N) is 1. The molecule has 0 radical (unpaired) electrons. The molecule has 1 unspecified atom stereocenters. The summed E-state index contributed by atoms with van der Waals surface area (Å²) in [5, 5.41) is 8.57. The van der Waals surface area contributed by atoms with Crippen molar-refractivity contribution in [2.75, 3.05) is 7.05 Å². The number of amides is 1. The number of hydrogen-bond acceptors (Lipinski definition) is 3. The molecule has 88 valence electrons. The standard InChI is InChI=1S/C10H15N3O3/c1-13(6-7-3-2-4-12-7)9(14)5-8(11)10(15)16/h2-4,8,12H,5-6,11H2,1H3,(H,15,16). The maximum Gasteiger partial charge on any atom is 0.321 e. The Balaban J connectivity index is 2.45. The smallest absolute Gasteiger partial charge is 0.321 e. The van der Waals surface area contributed by atoms with Crippen LogP contribution in [0.1, 0.15) is 12.1 Å². The average molecular weight is 225 g/mol. The number of aromatic amines is 1. The molecule has 1 atom stereocenters. The van der Waals surface area contributed by atoms with E-state index in [2.05, 4.69) is 4.98 Å². The van der Waals surface area contributed by atoms with Gasteiger partial charge in [0.1, 0.15) is 6.04 Å². The molecule has 0 aliphatic heterocycles. The molecular formula is C10H15N3O3. The summed E-state index contributed by atoms with van der Waals surface area (Å²) in [6, 6.07) is 2.54. The van der Waals surface area contributed by atoms with Crippen LogP contribution in [0.4, 0.5) is 0 Å². The molecule has 4 N–H and O–H groups in total. The van der Waals surface area contributed by atoms with Gasteiger partial charge in [-0.3, -0.25) is 9.59 Å². The Morgan fingerprint density at radius 1 is 1.62 bits per heavy atom. The summed E-state index contributed by atoms with van der Waals surface area (Å²) in [6.07, 6.45) is 1.57. The molecule has 0 aliphatic rings. The lowest BCUT2D eigenvalue weighted by Crippen LogP contribution is -2.37. The first-order chi connectivity index (χ1) is 7.50. The third-order valence-electron chi connectivity index (χ3n) is 2.21. The van der Waals surface area contributed by atoms with Gasteiger partial charge < -0.3 is 20.7 Å². The Morgan fingerprint density at radius 3 is 2.81 bits per heavy atom. The fourth-order valence-electron chi connectivity index (χ4n) is 1.24. The topological polar surface area (TPSA) is 99.4 Å². The van der Waals surface area contributed by atoms with Gasteiger partial charge in [0.05, 0.1) is 13.0 Å². The molecule has 1 amide bonds. The number of nitrogens with two attached hydrogens (primary N) is 1. The molecular weight excluding hydrogens is 210 g/mol. The number of carboxylic acid groups (broad SMARTS) is 1. The van der Waals surface area contributed by atoms with E-state index in [4.69, 9.17) is 10.8 Å². The fraction of sp³-hybridized carbons (Fsp3) is 0.400. The zero-order valence-corrected chi connectivity index (χ0v) is 9.01. The highest BCUT2D eigenvalue weighted by molar-refractivity contribution is 5.84. The number of carbonyl (C=O) groups excluding carboxylic acids is 1. The molecule has 0 bridgehead atoms. The molecule has 0 aromatic carbocycles. The minimum absolute atomic E-state index is 0.188. The van der Waals surface area contributed by atoms with Gasteiger partial charge in [0.2, 0.25) is 5.91 Å². The summed E-state index contributed by atoms with van der Waals surface area (Å²) in [5.74, 6) is -1.45. The third kappa shape index (κ3) is 3.39. The van der Waals surface area contributed by atoms with Crippen molar-refractivity contribution in [3.05, 3.63) is 24.0 Å². The predicted octanol–water partition coefficient (Wildman–Crippen LogP) is -0.225. The largest absolute Gasteiger partial charge is 0.480 e. The number of H-pyrrole nitrogens is 1. The van der Waals surface area contributed by atoms with Crippen LogP contribution >= 0.6 is 0 Å². The van der Waals surface area contributed by atoms with Gasteiger partial charge in [0.15, 0.2) is 0 Å². The highest BCUT2D eigenvalue weighted by Gasteiger charge is 2.19. The second kappa shape index (κ2) is 5.32. The predicted molar refractivity (Wildman–Crippen MR) is 57.5 cm³/mol. The van der Waals surface area contributed by atoms with E-state index >= 15 is 0 Å². The molecule has 6 nitrogen and oxygen atoms in total. The summed E-state index contributed by atoms with van der Waals surface area (Å²) in [6.45, 7) is 0.415. The molecule has 0 saturated heterocycles. The van der Waals surface area contributed by atoms with Crippen molar-refractivity contribution in [2.24, 2.45) is 5.73 Å². The zero-order chi connectivity index (χ0) is 12.1. The lowest BCUT2D eigenvalue weighted by atomic mass is 10.2. The summed E-state index contributed by atoms with van der Waals surface area (Å²) >= 11 is 0. The van der Waals surface area contributed by atoms with Crippen molar-refractivity contribution < 1.29 is 14.7 Å². The number of carboxylic acids is 1. The first-order valence-corrected chi connectivity index (χ1v) is 4.85. The van der Waals surface area contributed by atoms with Crippen molar-refractivity contribution in [1.82, 2.24) is 9.88 Å². The molecule has 0 aliphatic carbocycles. The summed E-state index contributed by atoms with van der Waals surface area (Å²) in [4.78, 5) is 26.4. The number of nitrogens with one attached hydrogen (secondary N) is 1. The van der Waals surface area contributed by atoms with Crippen LogP contribution in [0.2, 0.25) is 0 Å². The summed E-state index contributed by atoms with van der Waals surface area (Å²) in [7, 11) is 1.61. The first-order valence-electron chi connectivity index (χ1n) is 4.85. The van der Waals surface area contributed by atoms with Crippen LogP contribution < -0.4 is 5.73 Å². The Labute approximate surface area is 93.0 Å². The summed E-state index contributed by atoms with van der Waals surface area (Å²) in [5.41, 5.74) is 6.16. The van der Waals surface area contributed by atoms with E-state index in [1.165, 1.54) is 4.90 Å². The minimum atomic E-state index is -1.17. The van der Waals surface area contributed by atoms with Crippen LogP contribution in [-0.2, 0) is 16.1 Å². The number of rotatable bonds is 5. The molecule has 6 heteroatoms. The molecule has 0 spiro atoms. The SMILES string of the molecule is CN(Cc1ccc[nH]1)C(=O)CC(N)C(=O)O. The molecule has 1 aromatic heterocycles. The van der Waals surface area contributed by atoms with E-state index in [1.54, 1.807) is 13.2 Å². The van der Waals surface area contributed by atoms with E-state index in [9.17, 15) is 9.59 Å². The van der Waals surface area contributed by atoms with E-state index in [0.29, 0.717) is 6.54 Å². The highest BCUT2D eigenvalue weighted by Crippen LogP contribution is 2.02. The van der Waals surface area contributed by atoms with Gasteiger partial charge in [-0.05, 0) is 12.1 Å². The quantitative estimate of drug-likeness (QED) is 0.644. The number of aromatic nitrogens is 1. The Morgan fingerprint density at radius 2 is 2.31 bits per heavy atom. The van der Waals surface area contributed by atoms with Gasteiger partial charge in [0, 0.05) is 18.9 Å². The van der Waals surface area contributed by atoms with E-state index < -0.39 is 12.0 Å². The minimum Gasteiger partial charge on any atom is -0.480 e. The van der Waals surface area contributed by atoms with Crippen molar-refractivity contribution in [1.29, 1.82) is 0 Å². The number of hydrogen-bond donors (Lipinski definition) is 3. The number of aliphatic carboxylic acids is 1. The molecule has 0 saturated carbocycles. The van der Waals surface area contributed by atoms with Gasteiger partial charge in [-0.2, -0.15) is 0 Å². The van der Waals surface area contributed by atoms with Crippen LogP contribution in [0.3, 0.4) is 0 Å². The van der Waals surface area contributed by atoms with Crippen LogP contribution in [0.5, 0.6) is 0 Å². The van der Waals surface area contributed by atoms with Gasteiger partial charge in [-0.1, -0.05) is 0 Å². The fourth-order valence-corrected chi connectivity index (χ4v) is 1.24. The second-order valence-electron chi connectivity index (χ2n) is 3.59. The lowest BCUT2D eigenvalue weighted by molar-refractivity contribution is -0.142. The maximum atomic E-state index is 11.6. The zero-order valence-electron chi connectivity index (χ0n) is 9.01. The van der Waals surface area contributed by atoms with E-state index in [0.717, 1.165) is 5.69 Å². The Bertz CT molecular complexity index is 361. The average Bonchev–Trinajstić information content (AvgIpc) is 2.69. The van der Waals surface area contributed by atoms with Crippen molar-refractivity contribution in [3.63, 3.8) is 0 Å². The monoisotopic (exact) mass is 225 g/mol. The maximum absolute atomic E-state index is 11.6. The highest BCUT2D eigenvalue weighted by atomic mass is 16.4. The first kappa shape index (κ1) is 12.3. The van der Waals surface area contributed by atoms with Crippen LogP contribution in [0.25, 0.3) is 0 Å². The van der Waals surface area contributed by atoms with Gasteiger partial charge in [0.25, 0.3) is 0 Å². The third-order valence-corrected chi connectivity index (χ3v) is 2.21. The van der Waals surface area contributed by atoms with Crippen LogP contribution in [0.15, 0.2) is 18.3 Å². The van der Waals surface area contributed by atoms with Crippen molar-refractivity contribution in [2.45, 2.75) is 19.0 Å². The van der Waals surface area contributed by atoms with Gasteiger partial charge >= 0.3 is 5.97 Å². The molecule has 16 heavy (non-hydrogen) atoms. The molecule has 1 aromatic rings. The Kier molecular flexibility index (Phi) is 4.07. The number of carbonyl (C=O) groups is 2. The van der Waals surface area contributed by atoms with Gasteiger partial charge in [-0.25, -0.2) is 0 Å². The Hall–Kier alpha value is -1.82. The molecule has 1 rings (SSSR count). The van der Waals surface area contributed by atoms with Crippen molar-refractivity contribution in [3.8, 4) is 0 Å². The second-order valence-corrected chi connectivity index (χ2v) is 3.59. The van der Waals surface area contributed by atoms with E-state index in [1.807, 2.05) is 12.1 Å². The van der Waals surface area contributed by atoms with Crippen LogP contribution in [0, 0.1) is 0 Å². The van der Waals surface area contributed by atoms with Crippen LogP contribution in [-0.4, -0.2) is 40.0 Å². The summed E-state index contributed by atoms with van der Waals surface area (Å²) < 4.78 is 0.